The first-order valence-corrected chi connectivity index (χ1v) is 9.95. The molecule has 0 fully saturated rings. The summed E-state index contributed by atoms with van der Waals surface area (Å²) in [6, 6.07) is 8.48. The van der Waals surface area contributed by atoms with Crippen LogP contribution in [0.3, 0.4) is 0 Å². The Hall–Kier alpha value is -0.830. The van der Waals surface area contributed by atoms with E-state index in [2.05, 4.69) is 53.7 Å². The maximum atomic E-state index is 12.1. The number of nitrogens with zero attached hydrogens (tertiary/aromatic N) is 1. The normalized spacial score (nSPS) is 13.8. The molecule has 0 saturated heterocycles. The Morgan fingerprint density at radius 3 is 2.20 bits per heavy atom. The van der Waals surface area contributed by atoms with E-state index in [0.29, 0.717) is 18.4 Å². The average Bonchev–Trinajstić information content (AvgIpc) is 2.49. The predicted molar refractivity (Wildman–Crippen MR) is 118 cm³/mol. The molecule has 1 unspecified atom stereocenters. The highest BCUT2D eigenvalue weighted by molar-refractivity contribution is 14.0. The second-order valence-electron chi connectivity index (χ2n) is 7.12. The first-order valence-electron chi connectivity index (χ1n) is 8.30. The Balaban J connectivity index is 0.00000576. The molecule has 2 N–H and O–H groups in total. The lowest BCUT2D eigenvalue weighted by molar-refractivity contribution is 0.559. The number of aryl methyl sites for hydroxylation is 1. The molecule has 0 bridgehead atoms. The van der Waals surface area contributed by atoms with Crippen LogP contribution in [0.5, 0.6) is 0 Å². The summed E-state index contributed by atoms with van der Waals surface area (Å²) in [6.45, 7) is 10.5. The van der Waals surface area contributed by atoms with Crippen LogP contribution in [-0.2, 0) is 9.84 Å². The van der Waals surface area contributed by atoms with E-state index < -0.39 is 14.6 Å². The predicted octanol–water partition coefficient (Wildman–Crippen LogP) is 3.09. The number of nitrogens with one attached hydrogen (secondary N) is 2. The van der Waals surface area contributed by atoms with E-state index in [0.717, 1.165) is 6.54 Å². The summed E-state index contributed by atoms with van der Waals surface area (Å²) < 4.78 is 23.5. The van der Waals surface area contributed by atoms with Gasteiger partial charge in [-0.2, -0.15) is 0 Å². The van der Waals surface area contributed by atoms with Crippen LogP contribution in [0.15, 0.2) is 29.3 Å². The summed E-state index contributed by atoms with van der Waals surface area (Å²) in [5, 5.41) is 6.32. The molecular weight excluding hydrogens is 449 g/mol. The molecule has 0 saturated carbocycles. The molecule has 1 aromatic carbocycles. The van der Waals surface area contributed by atoms with Crippen molar-refractivity contribution in [3.05, 3.63) is 35.4 Å². The van der Waals surface area contributed by atoms with Crippen molar-refractivity contribution in [3.63, 3.8) is 0 Å². The largest absolute Gasteiger partial charge is 0.356 e. The van der Waals surface area contributed by atoms with Crippen LogP contribution >= 0.6 is 24.0 Å². The minimum atomic E-state index is -3.13. The van der Waals surface area contributed by atoms with Crippen LogP contribution in [0, 0.1) is 6.92 Å². The Kier molecular flexibility index (Phi) is 10.0. The maximum Gasteiger partial charge on any atom is 0.191 e. The van der Waals surface area contributed by atoms with Gasteiger partial charge in [0.25, 0.3) is 0 Å². The van der Waals surface area contributed by atoms with Crippen LogP contribution < -0.4 is 10.6 Å². The van der Waals surface area contributed by atoms with Gasteiger partial charge in [0.05, 0.1) is 10.5 Å². The maximum absolute atomic E-state index is 12.1. The third kappa shape index (κ3) is 7.94. The van der Waals surface area contributed by atoms with Crippen LogP contribution in [0.2, 0.25) is 0 Å². The lowest BCUT2D eigenvalue weighted by Crippen LogP contribution is -2.42. The van der Waals surface area contributed by atoms with Crippen molar-refractivity contribution in [1.29, 1.82) is 0 Å². The van der Waals surface area contributed by atoms with Crippen LogP contribution in [-0.4, -0.2) is 45.0 Å². The molecule has 0 aliphatic carbocycles. The number of hydrogen-bond donors (Lipinski definition) is 2. The number of hydrogen-bond acceptors (Lipinski definition) is 3. The summed E-state index contributed by atoms with van der Waals surface area (Å²) in [6.07, 6.45) is 0. The topological polar surface area (TPSA) is 70.6 Å². The third-order valence-electron chi connectivity index (χ3n) is 4.04. The zero-order chi connectivity index (χ0) is 18.4. The minimum Gasteiger partial charge on any atom is -0.356 e. The SMILES string of the molecule is CN=C(NCCS(=O)(=O)C(C)(C)C)NCC(C)c1ccc(C)cc1.I. The van der Waals surface area contributed by atoms with Crippen molar-refractivity contribution in [1.82, 2.24) is 10.6 Å². The Morgan fingerprint density at radius 2 is 1.72 bits per heavy atom. The van der Waals surface area contributed by atoms with E-state index >= 15 is 0 Å². The molecule has 0 aliphatic rings. The van der Waals surface area contributed by atoms with Gasteiger partial charge in [-0.1, -0.05) is 36.8 Å². The zero-order valence-electron chi connectivity index (χ0n) is 16.1. The molecular formula is C18H32IN3O2S. The highest BCUT2D eigenvalue weighted by Crippen LogP contribution is 2.15. The lowest BCUT2D eigenvalue weighted by atomic mass is 10.0. The fourth-order valence-corrected chi connectivity index (χ4v) is 3.08. The molecule has 0 radical (unpaired) electrons. The van der Waals surface area contributed by atoms with Crippen molar-refractivity contribution in [3.8, 4) is 0 Å². The van der Waals surface area contributed by atoms with E-state index in [1.54, 1.807) is 27.8 Å². The van der Waals surface area contributed by atoms with E-state index in [1.165, 1.54) is 11.1 Å². The smallest absolute Gasteiger partial charge is 0.191 e. The average molecular weight is 481 g/mol. The van der Waals surface area contributed by atoms with Crippen molar-refractivity contribution >= 4 is 39.8 Å². The quantitative estimate of drug-likeness (QED) is 0.372. The van der Waals surface area contributed by atoms with Crippen LogP contribution in [0.25, 0.3) is 0 Å². The summed E-state index contributed by atoms with van der Waals surface area (Å²) in [4.78, 5) is 4.15. The van der Waals surface area contributed by atoms with Crippen molar-refractivity contribution < 1.29 is 8.42 Å². The molecule has 0 spiro atoms. The lowest BCUT2D eigenvalue weighted by Gasteiger charge is -2.20. The fraction of sp³-hybridized carbons (Fsp3) is 0.611. The highest BCUT2D eigenvalue weighted by Gasteiger charge is 2.28. The standard InChI is InChI=1S/C18H31N3O2S.HI/c1-14-7-9-16(10-8-14)15(2)13-21-17(19-6)20-11-12-24(22,23)18(3,4)5;/h7-10,15H,11-13H2,1-6H3,(H2,19,20,21);1H. The van der Waals surface area contributed by atoms with Gasteiger partial charge in [0.2, 0.25) is 0 Å². The summed E-state index contributed by atoms with van der Waals surface area (Å²) in [5.41, 5.74) is 2.51. The Labute approximate surface area is 170 Å². The summed E-state index contributed by atoms with van der Waals surface area (Å²) in [5.74, 6) is 1.05. The number of benzene rings is 1. The second kappa shape index (κ2) is 10.4. The van der Waals surface area contributed by atoms with E-state index in [-0.39, 0.29) is 29.7 Å². The second-order valence-corrected chi connectivity index (χ2v) is 9.99. The number of sulfone groups is 1. The van der Waals surface area contributed by atoms with Crippen molar-refractivity contribution in [2.24, 2.45) is 4.99 Å². The van der Waals surface area contributed by atoms with Crippen LogP contribution in [0.1, 0.15) is 44.7 Å². The summed E-state index contributed by atoms with van der Waals surface area (Å²) >= 11 is 0. The molecule has 0 aliphatic heterocycles. The molecule has 0 amide bonds. The monoisotopic (exact) mass is 481 g/mol. The molecule has 0 aromatic heterocycles. The van der Waals surface area contributed by atoms with Gasteiger partial charge >= 0.3 is 0 Å². The first kappa shape index (κ1) is 24.2. The summed E-state index contributed by atoms with van der Waals surface area (Å²) in [7, 11) is -1.44. The molecule has 0 heterocycles. The van der Waals surface area contributed by atoms with Gasteiger partial charge in [-0.05, 0) is 39.2 Å². The fourth-order valence-electron chi connectivity index (χ4n) is 2.09. The van der Waals surface area contributed by atoms with E-state index in [4.69, 9.17) is 0 Å². The Bertz CT molecular complexity index is 650. The number of aliphatic imine (C=N–C) groups is 1. The molecule has 144 valence electrons. The van der Waals surface area contributed by atoms with Crippen molar-refractivity contribution in [2.45, 2.75) is 45.3 Å². The Morgan fingerprint density at radius 1 is 1.16 bits per heavy atom. The van der Waals surface area contributed by atoms with Gasteiger partial charge < -0.3 is 10.6 Å². The van der Waals surface area contributed by atoms with Gasteiger partial charge in [-0.15, -0.1) is 24.0 Å². The first-order chi connectivity index (χ1) is 11.1. The third-order valence-corrected chi connectivity index (χ3v) is 6.65. The van der Waals surface area contributed by atoms with Gasteiger partial charge in [0.15, 0.2) is 15.8 Å². The van der Waals surface area contributed by atoms with Gasteiger partial charge in [-0.3, -0.25) is 4.99 Å². The zero-order valence-corrected chi connectivity index (χ0v) is 19.2. The van der Waals surface area contributed by atoms with Gasteiger partial charge in [0.1, 0.15) is 0 Å². The van der Waals surface area contributed by atoms with E-state index in [9.17, 15) is 8.42 Å². The van der Waals surface area contributed by atoms with E-state index in [1.807, 2.05) is 0 Å². The highest BCUT2D eigenvalue weighted by atomic mass is 127. The molecule has 1 rings (SSSR count). The number of rotatable bonds is 6. The van der Waals surface area contributed by atoms with Gasteiger partial charge in [0, 0.05) is 20.1 Å². The molecule has 25 heavy (non-hydrogen) atoms. The minimum absolute atomic E-state index is 0. The number of halogens is 1. The molecule has 7 heteroatoms. The van der Waals surface area contributed by atoms with Crippen LogP contribution in [0.4, 0.5) is 0 Å². The van der Waals surface area contributed by atoms with Crippen molar-refractivity contribution in [2.75, 3.05) is 25.9 Å². The molecule has 1 aromatic rings. The molecule has 1 atom stereocenters. The number of guanidine groups is 1. The van der Waals surface area contributed by atoms with Gasteiger partial charge in [-0.25, -0.2) is 8.42 Å². The molecule has 5 nitrogen and oxygen atoms in total.